The Balaban J connectivity index is 1.87. The highest BCUT2D eigenvalue weighted by molar-refractivity contribution is 6.31. The molecule has 1 fully saturated rings. The first-order valence-corrected chi connectivity index (χ1v) is 7.96. The monoisotopic (exact) mass is 279 g/mol. The van der Waals surface area contributed by atoms with Crippen molar-refractivity contribution in [3.63, 3.8) is 0 Å². The van der Waals surface area contributed by atoms with Gasteiger partial charge in [-0.05, 0) is 56.1 Å². The van der Waals surface area contributed by atoms with E-state index in [2.05, 4.69) is 38.2 Å². The Hall–Kier alpha value is -0.530. The summed E-state index contributed by atoms with van der Waals surface area (Å²) in [5.74, 6) is 1.76. The van der Waals surface area contributed by atoms with E-state index in [9.17, 15) is 0 Å². The van der Waals surface area contributed by atoms with E-state index in [0.717, 1.165) is 16.9 Å². The number of hydrogen-bond acceptors (Lipinski definition) is 1. The van der Waals surface area contributed by atoms with Gasteiger partial charge in [-0.2, -0.15) is 0 Å². The number of hydrogen-bond donors (Lipinski definition) is 1. The van der Waals surface area contributed by atoms with Crippen LogP contribution in [-0.2, 0) is 0 Å². The molecule has 1 aromatic rings. The average molecular weight is 280 g/mol. The Labute approximate surface area is 122 Å². The molecule has 1 atom stereocenters. The first-order chi connectivity index (χ1) is 9.08. The Morgan fingerprint density at radius 1 is 1.05 bits per heavy atom. The predicted molar refractivity (Wildman–Crippen MR) is 83.6 cm³/mol. The molecular formula is C17H26ClN. The zero-order valence-corrected chi connectivity index (χ0v) is 13.1. The van der Waals surface area contributed by atoms with Gasteiger partial charge in [0.15, 0.2) is 0 Å². The summed E-state index contributed by atoms with van der Waals surface area (Å²) in [6.07, 6.45) is 5.34. The van der Waals surface area contributed by atoms with Crippen molar-refractivity contribution in [1.29, 1.82) is 0 Å². The normalized spacial score (nSPS) is 25.5. The molecular weight excluding hydrogens is 254 g/mol. The summed E-state index contributed by atoms with van der Waals surface area (Å²) in [5, 5.41) is 4.62. The van der Waals surface area contributed by atoms with Gasteiger partial charge < -0.3 is 5.32 Å². The summed E-state index contributed by atoms with van der Waals surface area (Å²) in [6.45, 7) is 6.92. The molecule has 1 aliphatic rings. The topological polar surface area (TPSA) is 12.0 Å². The molecule has 1 aliphatic carbocycles. The smallest absolute Gasteiger partial charge is 0.0453 e. The molecule has 106 valence electrons. The van der Waals surface area contributed by atoms with Crippen molar-refractivity contribution in [1.82, 2.24) is 5.32 Å². The number of halogens is 1. The lowest BCUT2D eigenvalue weighted by molar-refractivity contribution is 0.231. The van der Waals surface area contributed by atoms with Gasteiger partial charge in [-0.25, -0.2) is 0 Å². The van der Waals surface area contributed by atoms with E-state index in [-0.39, 0.29) is 0 Å². The molecule has 1 saturated carbocycles. The van der Waals surface area contributed by atoms with E-state index in [1.54, 1.807) is 0 Å². The standard InChI is InChI=1S/C17H26ClN/c1-12(2)14-8-10-15(11-9-14)19-13(3)16-6-4-5-7-17(16)18/h4-7,12-15,19H,8-11H2,1-3H3/t13-,14?,15?/m0/s1. The molecule has 0 saturated heterocycles. The van der Waals surface area contributed by atoms with Gasteiger partial charge >= 0.3 is 0 Å². The molecule has 0 bridgehead atoms. The third-order valence-corrected chi connectivity index (χ3v) is 4.92. The molecule has 0 aliphatic heterocycles. The van der Waals surface area contributed by atoms with Crippen LogP contribution in [0.2, 0.25) is 5.02 Å². The minimum Gasteiger partial charge on any atom is -0.307 e. The van der Waals surface area contributed by atoms with Crippen LogP contribution in [0.1, 0.15) is 58.1 Å². The van der Waals surface area contributed by atoms with E-state index < -0.39 is 0 Å². The fourth-order valence-corrected chi connectivity index (χ4v) is 3.52. The lowest BCUT2D eigenvalue weighted by atomic mass is 9.79. The van der Waals surface area contributed by atoms with Gasteiger partial charge in [0, 0.05) is 17.1 Å². The summed E-state index contributed by atoms with van der Waals surface area (Å²) in [5.41, 5.74) is 1.22. The highest BCUT2D eigenvalue weighted by Crippen LogP contribution is 2.31. The molecule has 0 aromatic heterocycles. The maximum absolute atomic E-state index is 6.26. The molecule has 0 spiro atoms. The zero-order valence-electron chi connectivity index (χ0n) is 12.3. The average Bonchev–Trinajstić information content (AvgIpc) is 2.39. The molecule has 0 radical (unpaired) electrons. The van der Waals surface area contributed by atoms with Crippen LogP contribution in [0.15, 0.2) is 24.3 Å². The summed E-state index contributed by atoms with van der Waals surface area (Å²) in [7, 11) is 0. The Bertz CT molecular complexity index is 394. The predicted octanol–water partition coefficient (Wildman–Crippen LogP) is 5.21. The van der Waals surface area contributed by atoms with Crippen LogP contribution in [0.25, 0.3) is 0 Å². The lowest BCUT2D eigenvalue weighted by Crippen LogP contribution is -2.35. The van der Waals surface area contributed by atoms with E-state index >= 15 is 0 Å². The maximum atomic E-state index is 6.26. The van der Waals surface area contributed by atoms with Gasteiger partial charge in [-0.15, -0.1) is 0 Å². The molecule has 1 nitrogen and oxygen atoms in total. The fraction of sp³-hybridized carbons (Fsp3) is 0.647. The molecule has 1 aromatic carbocycles. The zero-order chi connectivity index (χ0) is 13.8. The Morgan fingerprint density at radius 3 is 2.26 bits per heavy atom. The molecule has 0 heterocycles. The van der Waals surface area contributed by atoms with Gasteiger partial charge in [0.25, 0.3) is 0 Å². The summed E-state index contributed by atoms with van der Waals surface area (Å²) in [4.78, 5) is 0. The molecule has 0 amide bonds. The van der Waals surface area contributed by atoms with Gasteiger partial charge in [0.1, 0.15) is 0 Å². The van der Waals surface area contributed by atoms with Crippen LogP contribution in [-0.4, -0.2) is 6.04 Å². The second-order valence-electron chi connectivity index (χ2n) is 6.27. The van der Waals surface area contributed by atoms with Crippen LogP contribution in [0.5, 0.6) is 0 Å². The molecule has 2 rings (SSSR count). The fourth-order valence-electron chi connectivity index (χ4n) is 3.22. The maximum Gasteiger partial charge on any atom is 0.0453 e. The van der Waals surface area contributed by atoms with E-state index in [0.29, 0.717) is 12.1 Å². The van der Waals surface area contributed by atoms with Crippen molar-refractivity contribution in [2.75, 3.05) is 0 Å². The van der Waals surface area contributed by atoms with Crippen molar-refractivity contribution in [3.05, 3.63) is 34.9 Å². The van der Waals surface area contributed by atoms with Crippen molar-refractivity contribution in [3.8, 4) is 0 Å². The van der Waals surface area contributed by atoms with E-state index in [1.165, 1.54) is 31.2 Å². The minimum absolute atomic E-state index is 0.342. The summed E-state index contributed by atoms with van der Waals surface area (Å²) in [6, 6.07) is 9.15. The highest BCUT2D eigenvalue weighted by Gasteiger charge is 2.24. The summed E-state index contributed by atoms with van der Waals surface area (Å²) >= 11 is 6.26. The number of benzene rings is 1. The third-order valence-electron chi connectivity index (χ3n) is 4.57. The highest BCUT2D eigenvalue weighted by atomic mass is 35.5. The number of rotatable bonds is 4. The molecule has 0 unspecified atom stereocenters. The van der Waals surface area contributed by atoms with Crippen molar-refractivity contribution >= 4 is 11.6 Å². The van der Waals surface area contributed by atoms with Crippen molar-refractivity contribution in [2.45, 2.75) is 58.5 Å². The van der Waals surface area contributed by atoms with Crippen LogP contribution < -0.4 is 5.32 Å². The van der Waals surface area contributed by atoms with Crippen LogP contribution in [0.4, 0.5) is 0 Å². The van der Waals surface area contributed by atoms with Gasteiger partial charge in [-0.3, -0.25) is 0 Å². The Morgan fingerprint density at radius 2 is 1.68 bits per heavy atom. The number of nitrogens with one attached hydrogen (secondary N) is 1. The molecule has 1 N–H and O–H groups in total. The SMILES string of the molecule is CC(C)C1CCC(N[C@@H](C)c2ccccc2Cl)CC1. The summed E-state index contributed by atoms with van der Waals surface area (Å²) < 4.78 is 0. The largest absolute Gasteiger partial charge is 0.307 e. The molecule has 2 heteroatoms. The second kappa shape index (κ2) is 6.76. The van der Waals surface area contributed by atoms with Crippen molar-refractivity contribution < 1.29 is 0 Å². The van der Waals surface area contributed by atoms with E-state index in [1.807, 2.05) is 12.1 Å². The molecule has 19 heavy (non-hydrogen) atoms. The van der Waals surface area contributed by atoms with Crippen LogP contribution in [0.3, 0.4) is 0 Å². The second-order valence-corrected chi connectivity index (χ2v) is 6.67. The van der Waals surface area contributed by atoms with Gasteiger partial charge in [0.05, 0.1) is 0 Å². The van der Waals surface area contributed by atoms with Gasteiger partial charge in [-0.1, -0.05) is 43.6 Å². The van der Waals surface area contributed by atoms with Crippen molar-refractivity contribution in [2.24, 2.45) is 11.8 Å². The van der Waals surface area contributed by atoms with E-state index in [4.69, 9.17) is 11.6 Å². The third kappa shape index (κ3) is 3.97. The first kappa shape index (κ1) is 14.9. The first-order valence-electron chi connectivity index (χ1n) is 7.58. The lowest BCUT2D eigenvalue weighted by Gasteiger charge is -2.33. The van der Waals surface area contributed by atoms with Crippen LogP contribution in [0, 0.1) is 11.8 Å². The van der Waals surface area contributed by atoms with Gasteiger partial charge in [0.2, 0.25) is 0 Å². The minimum atomic E-state index is 0.342. The van der Waals surface area contributed by atoms with Crippen LogP contribution >= 0.6 is 11.6 Å². The quantitative estimate of drug-likeness (QED) is 0.798. The Kier molecular flexibility index (Phi) is 5.29.